The summed E-state index contributed by atoms with van der Waals surface area (Å²) in [5, 5.41) is 23.3. The van der Waals surface area contributed by atoms with E-state index in [0.29, 0.717) is 56.7 Å². The van der Waals surface area contributed by atoms with Gasteiger partial charge in [-0.25, -0.2) is 18.9 Å². The molecule has 0 radical (unpaired) electrons. The molecular weight excluding hydrogens is 581 g/mol. The van der Waals surface area contributed by atoms with Crippen LogP contribution in [0.1, 0.15) is 38.6 Å². The van der Waals surface area contributed by atoms with Crippen molar-refractivity contribution in [1.29, 1.82) is 5.26 Å². The normalized spacial score (nSPS) is 15.5. The Bertz CT molecular complexity index is 1950. The lowest BCUT2D eigenvalue weighted by molar-refractivity contribution is -0.202. The van der Waals surface area contributed by atoms with Crippen LogP contribution < -0.4 is 4.74 Å². The summed E-state index contributed by atoms with van der Waals surface area (Å²) >= 11 is 0. The average Bonchev–Trinajstić information content (AvgIpc) is 3.69. The highest BCUT2D eigenvalue weighted by Gasteiger charge is 2.40. The number of aromatic carboxylic acids is 1. The third-order valence-corrected chi connectivity index (χ3v) is 8.19. The predicted molar refractivity (Wildman–Crippen MR) is 157 cm³/mol. The topological polar surface area (TPSA) is 141 Å². The van der Waals surface area contributed by atoms with Gasteiger partial charge in [0.2, 0.25) is 5.88 Å². The number of benzene rings is 2. The van der Waals surface area contributed by atoms with Crippen molar-refractivity contribution in [2.45, 2.75) is 38.4 Å². The van der Waals surface area contributed by atoms with Crippen LogP contribution in [0, 0.1) is 17.1 Å². The number of fused-ring (bicyclic) bond motifs is 2. The fraction of sp³-hybridized carbons (Fsp3) is 0.281. The highest BCUT2D eigenvalue weighted by atomic mass is 19.1. The van der Waals surface area contributed by atoms with Gasteiger partial charge < -0.3 is 23.9 Å². The van der Waals surface area contributed by atoms with Gasteiger partial charge in [-0.05, 0) is 36.4 Å². The fourth-order valence-electron chi connectivity index (χ4n) is 5.64. The molecule has 0 atom stereocenters. The van der Waals surface area contributed by atoms with Crippen LogP contribution in [0.25, 0.3) is 16.9 Å². The van der Waals surface area contributed by atoms with Crippen LogP contribution in [0.5, 0.6) is 5.88 Å². The highest BCUT2D eigenvalue weighted by Crippen LogP contribution is 2.30. The van der Waals surface area contributed by atoms with Gasteiger partial charge in [0.05, 0.1) is 60.2 Å². The van der Waals surface area contributed by atoms with E-state index in [-0.39, 0.29) is 17.7 Å². The lowest BCUT2D eigenvalue weighted by Gasteiger charge is -2.40. The Balaban J connectivity index is 1.07. The van der Waals surface area contributed by atoms with Crippen LogP contribution in [-0.2, 0) is 42.3 Å². The minimum absolute atomic E-state index is 0.0283. The van der Waals surface area contributed by atoms with Gasteiger partial charge in [-0.3, -0.25) is 4.90 Å². The number of ether oxygens (including phenoxy) is 3. The molecule has 0 saturated carbocycles. The van der Waals surface area contributed by atoms with Crippen molar-refractivity contribution in [2.75, 3.05) is 20.3 Å². The van der Waals surface area contributed by atoms with Crippen LogP contribution in [0.4, 0.5) is 4.39 Å². The van der Waals surface area contributed by atoms with E-state index in [1.807, 2.05) is 22.9 Å². The molecule has 45 heavy (non-hydrogen) atoms. The third-order valence-electron chi connectivity index (χ3n) is 8.19. The molecule has 0 aliphatic carbocycles. The van der Waals surface area contributed by atoms with Gasteiger partial charge >= 0.3 is 5.97 Å². The number of nitrogens with zero attached hydrogens (tertiary/aromatic N) is 7. The van der Waals surface area contributed by atoms with Gasteiger partial charge in [0, 0.05) is 43.6 Å². The molecule has 13 heteroatoms. The molecule has 1 N–H and O–H groups in total. The number of aromatic nitrogens is 5. The molecule has 1 saturated heterocycles. The molecule has 5 aromatic rings. The molecule has 2 aliphatic heterocycles. The first-order chi connectivity index (χ1) is 21.8. The Hall–Kier alpha value is -5.16. The Labute approximate surface area is 256 Å². The summed E-state index contributed by atoms with van der Waals surface area (Å²) < 4.78 is 35.0. The maximum Gasteiger partial charge on any atom is 0.335 e. The second-order valence-corrected chi connectivity index (χ2v) is 11.2. The van der Waals surface area contributed by atoms with Crippen LogP contribution in [0.15, 0.2) is 60.8 Å². The summed E-state index contributed by atoms with van der Waals surface area (Å²) in [4.78, 5) is 23.3. The lowest BCUT2D eigenvalue weighted by Crippen LogP contribution is -2.54. The molecule has 3 aromatic heterocycles. The zero-order valence-corrected chi connectivity index (χ0v) is 24.3. The van der Waals surface area contributed by atoms with Crippen molar-refractivity contribution < 1.29 is 28.5 Å². The van der Waals surface area contributed by atoms with Crippen LogP contribution in [-0.4, -0.2) is 66.2 Å². The predicted octanol–water partition coefficient (Wildman–Crippen LogP) is 3.84. The van der Waals surface area contributed by atoms with Crippen molar-refractivity contribution >= 4 is 17.0 Å². The van der Waals surface area contributed by atoms with E-state index in [1.165, 1.54) is 12.1 Å². The fourth-order valence-corrected chi connectivity index (χ4v) is 5.64. The van der Waals surface area contributed by atoms with E-state index in [0.717, 1.165) is 28.1 Å². The Morgan fingerprint density at radius 3 is 2.73 bits per heavy atom. The molecule has 0 amide bonds. The number of imidazole rings is 1. The second kappa shape index (κ2) is 11.4. The summed E-state index contributed by atoms with van der Waals surface area (Å²) in [6.07, 6.45) is 1.94. The molecule has 228 valence electrons. The van der Waals surface area contributed by atoms with E-state index < -0.39 is 17.4 Å². The highest BCUT2D eigenvalue weighted by molar-refractivity contribution is 5.92. The summed E-state index contributed by atoms with van der Waals surface area (Å²) in [6.45, 7) is 3.14. The minimum Gasteiger partial charge on any atom is -0.478 e. The SMILES string of the molecule is COC1(Cn2c(CN3Cc4cn(-c5cccc(OCc6ccc(C#N)cc6F)n5)nc4C3)nc3ccc(C(=O)O)cc32)COC1. The zero-order chi connectivity index (χ0) is 31.1. The molecular formula is C32H28FN7O5. The van der Waals surface area contributed by atoms with E-state index in [1.54, 1.807) is 48.2 Å². The van der Waals surface area contributed by atoms with Crippen LogP contribution in [0.2, 0.25) is 0 Å². The molecule has 5 heterocycles. The molecule has 2 aliphatic rings. The standard InChI is InChI=1S/C32H28FN7O5/c1-43-32(18-44-19-32)17-39-27-10-21(31(41)42)7-8-25(27)35-29(39)15-38-12-23-13-40(37-26(23)14-38)28-3-2-4-30(36-28)45-16-22-6-5-20(11-34)9-24(22)33/h2-10,13H,12,14-19H2,1H3,(H,41,42). The molecule has 0 unspecified atom stereocenters. The summed E-state index contributed by atoms with van der Waals surface area (Å²) in [5.41, 5.74) is 3.72. The van der Waals surface area contributed by atoms with Crippen molar-refractivity contribution in [3.05, 3.63) is 100 Å². The van der Waals surface area contributed by atoms with Crippen molar-refractivity contribution in [2.24, 2.45) is 0 Å². The number of methoxy groups -OCH3 is 1. The van der Waals surface area contributed by atoms with E-state index >= 15 is 0 Å². The van der Waals surface area contributed by atoms with Gasteiger partial charge in [0.1, 0.15) is 23.8 Å². The summed E-state index contributed by atoms with van der Waals surface area (Å²) in [7, 11) is 1.66. The number of rotatable bonds is 10. The monoisotopic (exact) mass is 609 g/mol. The number of hydrogen-bond donors (Lipinski definition) is 1. The molecule has 7 rings (SSSR count). The quantitative estimate of drug-likeness (QED) is 0.248. The summed E-state index contributed by atoms with van der Waals surface area (Å²) in [5.74, 6) is 0.197. The van der Waals surface area contributed by atoms with Gasteiger partial charge in [-0.1, -0.05) is 12.1 Å². The van der Waals surface area contributed by atoms with Crippen LogP contribution in [0.3, 0.4) is 0 Å². The number of hydrogen-bond acceptors (Lipinski definition) is 9. The van der Waals surface area contributed by atoms with Crippen molar-refractivity contribution in [1.82, 2.24) is 29.2 Å². The van der Waals surface area contributed by atoms with Crippen molar-refractivity contribution in [3.63, 3.8) is 0 Å². The minimum atomic E-state index is -0.992. The van der Waals surface area contributed by atoms with E-state index in [9.17, 15) is 14.3 Å². The first-order valence-corrected chi connectivity index (χ1v) is 14.3. The molecule has 12 nitrogen and oxygen atoms in total. The first-order valence-electron chi connectivity index (χ1n) is 14.3. The number of carboxylic acid groups (broad SMARTS) is 1. The van der Waals surface area contributed by atoms with Gasteiger partial charge in [-0.2, -0.15) is 15.3 Å². The number of carbonyl (C=O) groups is 1. The zero-order valence-electron chi connectivity index (χ0n) is 24.3. The second-order valence-electron chi connectivity index (χ2n) is 11.2. The Morgan fingerprint density at radius 1 is 1.16 bits per heavy atom. The first kappa shape index (κ1) is 28.6. The van der Waals surface area contributed by atoms with Gasteiger partial charge in [-0.15, -0.1) is 0 Å². The van der Waals surface area contributed by atoms with E-state index in [4.69, 9.17) is 29.6 Å². The number of halogens is 1. The largest absolute Gasteiger partial charge is 0.478 e. The van der Waals surface area contributed by atoms with Crippen LogP contribution >= 0.6 is 0 Å². The number of pyridine rings is 1. The number of carboxylic acids is 1. The van der Waals surface area contributed by atoms with Gasteiger partial charge in [0.25, 0.3) is 0 Å². The Kier molecular flexibility index (Phi) is 7.25. The molecule has 0 bridgehead atoms. The number of nitriles is 1. The summed E-state index contributed by atoms with van der Waals surface area (Å²) in [6, 6.07) is 16.4. The third kappa shape index (κ3) is 5.51. The van der Waals surface area contributed by atoms with E-state index in [2.05, 4.69) is 9.88 Å². The lowest BCUT2D eigenvalue weighted by atomic mass is 10.0. The smallest absolute Gasteiger partial charge is 0.335 e. The molecule has 1 fully saturated rings. The molecule has 0 spiro atoms. The molecule has 2 aromatic carbocycles. The van der Waals surface area contributed by atoms with Gasteiger partial charge in [0.15, 0.2) is 5.82 Å². The maximum atomic E-state index is 14.3. The van der Waals surface area contributed by atoms with Crippen molar-refractivity contribution in [3.8, 4) is 17.8 Å². The Morgan fingerprint density at radius 2 is 2.02 bits per heavy atom. The average molecular weight is 610 g/mol. The maximum absolute atomic E-state index is 14.3.